The Balaban J connectivity index is 1.37. The van der Waals surface area contributed by atoms with Gasteiger partial charge in [0.25, 0.3) is 5.91 Å². The van der Waals surface area contributed by atoms with Crippen molar-refractivity contribution < 1.29 is 41.7 Å². The van der Waals surface area contributed by atoms with E-state index in [0.717, 1.165) is 40.9 Å². The van der Waals surface area contributed by atoms with Gasteiger partial charge in [0.15, 0.2) is 0 Å². The molecule has 0 bridgehead atoms. The molecule has 0 saturated heterocycles. The normalized spacial score (nSPS) is 18.8. The Morgan fingerprint density at radius 2 is 1.89 bits per heavy atom. The highest BCUT2D eigenvalue weighted by atomic mass is 32.1. The fourth-order valence-electron chi connectivity index (χ4n) is 5.06. The van der Waals surface area contributed by atoms with Crippen LogP contribution >= 0.6 is 11.3 Å². The molecule has 0 radical (unpaired) electrons. The summed E-state index contributed by atoms with van der Waals surface area (Å²) >= 11 is 1.43. The third kappa shape index (κ3) is 5.66. The molecule has 46 heavy (non-hydrogen) atoms. The highest BCUT2D eigenvalue weighted by Gasteiger charge is 2.57. The number of nitrogens with one attached hydrogen (secondary N) is 1. The molecule has 2 aliphatic rings. The third-order valence-electron chi connectivity index (χ3n) is 8.08. The van der Waals surface area contributed by atoms with Gasteiger partial charge in [0, 0.05) is 28.5 Å². The molecule has 9 nitrogen and oxygen atoms in total. The molecule has 1 aliphatic carbocycles. The van der Waals surface area contributed by atoms with E-state index in [-0.39, 0.29) is 40.8 Å². The summed E-state index contributed by atoms with van der Waals surface area (Å²) in [5.41, 5.74) is 0.0887. The lowest BCUT2D eigenvalue weighted by molar-refractivity contribution is -0.265. The minimum atomic E-state index is -5.35. The molecule has 3 heterocycles. The van der Waals surface area contributed by atoms with Gasteiger partial charge in [-0.2, -0.15) is 13.2 Å². The van der Waals surface area contributed by atoms with Gasteiger partial charge in [-0.1, -0.05) is 0 Å². The number of benzene rings is 2. The standard InChI is InChI=1S/C32H28F4N4O5S/c1-16-38-13-24(46-16)21-10-5-18(11-23(21)45-20-8-9-20)28(41)39-14-31(43,32(34,35)36)25-12-22-27(44-15-30(22,2)29(37)42)26(40-25)17-3-6-19(33)7-4-17/h3-7,10-13,20,43H,8-9,14-15H2,1-2H3,(H2,37,42)(H,39,41)/t30-,31?/m0/s1. The Morgan fingerprint density at radius 3 is 2.50 bits per heavy atom. The molecule has 2 aromatic heterocycles. The van der Waals surface area contributed by atoms with E-state index in [4.69, 9.17) is 15.2 Å². The predicted molar refractivity (Wildman–Crippen MR) is 160 cm³/mol. The Bertz CT molecular complexity index is 1840. The van der Waals surface area contributed by atoms with Gasteiger partial charge in [-0.3, -0.25) is 9.59 Å². The average molecular weight is 657 g/mol. The Labute approximate surface area is 264 Å². The van der Waals surface area contributed by atoms with Crippen molar-refractivity contribution in [3.05, 3.63) is 82.4 Å². The number of nitrogens with zero attached hydrogens (tertiary/aromatic N) is 2. The zero-order valence-corrected chi connectivity index (χ0v) is 25.4. The number of hydrogen-bond acceptors (Lipinski definition) is 8. The number of hydrogen-bond donors (Lipinski definition) is 3. The van der Waals surface area contributed by atoms with Crippen molar-refractivity contribution in [2.24, 2.45) is 5.73 Å². The largest absolute Gasteiger partial charge is 0.490 e. The second-order valence-corrected chi connectivity index (χ2v) is 12.8. The van der Waals surface area contributed by atoms with Gasteiger partial charge < -0.3 is 25.6 Å². The van der Waals surface area contributed by atoms with Crippen molar-refractivity contribution in [1.82, 2.24) is 15.3 Å². The Morgan fingerprint density at radius 1 is 1.17 bits per heavy atom. The zero-order valence-electron chi connectivity index (χ0n) is 24.6. The summed E-state index contributed by atoms with van der Waals surface area (Å²) in [7, 11) is 0. The van der Waals surface area contributed by atoms with E-state index < -0.39 is 47.1 Å². The molecule has 2 aromatic carbocycles. The van der Waals surface area contributed by atoms with E-state index in [2.05, 4.69) is 15.3 Å². The Hall–Kier alpha value is -4.56. The van der Waals surface area contributed by atoms with Gasteiger partial charge in [0.05, 0.1) is 28.2 Å². The molecule has 1 fully saturated rings. The molecular weight excluding hydrogens is 628 g/mol. The SMILES string of the molecule is Cc1ncc(-c2ccc(C(=O)NCC(O)(c3cc4c(c(-c5ccc(F)cc5)n3)OC[C@]4(C)C(N)=O)C(F)(F)F)cc2OC2CC2)s1. The van der Waals surface area contributed by atoms with Gasteiger partial charge >= 0.3 is 6.18 Å². The van der Waals surface area contributed by atoms with Gasteiger partial charge in [0.1, 0.15) is 35.0 Å². The maximum Gasteiger partial charge on any atom is 0.424 e. The number of halogens is 4. The first-order valence-corrected chi connectivity index (χ1v) is 15.1. The van der Waals surface area contributed by atoms with E-state index in [0.29, 0.717) is 11.3 Å². The first-order chi connectivity index (χ1) is 21.7. The molecule has 240 valence electrons. The number of aliphatic hydroxyl groups is 1. The number of pyridine rings is 1. The fourth-order valence-corrected chi connectivity index (χ4v) is 5.87. The first kappa shape index (κ1) is 31.4. The topological polar surface area (TPSA) is 137 Å². The van der Waals surface area contributed by atoms with Crippen LogP contribution in [0.4, 0.5) is 17.6 Å². The summed E-state index contributed by atoms with van der Waals surface area (Å²) in [6.07, 6.45) is -2.03. The molecule has 4 aromatic rings. The minimum absolute atomic E-state index is 0.00813. The van der Waals surface area contributed by atoms with Crippen LogP contribution in [0.25, 0.3) is 21.7 Å². The lowest BCUT2D eigenvalue weighted by Gasteiger charge is -2.31. The molecule has 4 N–H and O–H groups in total. The van der Waals surface area contributed by atoms with Gasteiger partial charge in [-0.15, -0.1) is 11.3 Å². The van der Waals surface area contributed by atoms with Gasteiger partial charge in [0.2, 0.25) is 11.5 Å². The minimum Gasteiger partial charge on any atom is -0.490 e. The second kappa shape index (κ2) is 11.4. The maximum atomic E-state index is 14.8. The number of carbonyl (C=O) groups excluding carboxylic acids is 2. The molecule has 1 saturated carbocycles. The van der Waals surface area contributed by atoms with Crippen LogP contribution in [0.1, 0.15) is 46.4 Å². The van der Waals surface area contributed by atoms with E-state index in [9.17, 15) is 32.3 Å². The maximum absolute atomic E-state index is 14.8. The van der Waals surface area contributed by atoms with Crippen LogP contribution in [0.15, 0.2) is 54.7 Å². The number of aromatic nitrogens is 2. The van der Waals surface area contributed by atoms with Gasteiger partial charge in [-0.05, 0) is 75.2 Å². The van der Waals surface area contributed by atoms with Crippen LogP contribution in [0.5, 0.6) is 11.5 Å². The number of nitrogens with two attached hydrogens (primary N) is 1. The monoisotopic (exact) mass is 656 g/mol. The molecule has 6 rings (SSSR count). The smallest absolute Gasteiger partial charge is 0.424 e. The highest BCUT2D eigenvalue weighted by molar-refractivity contribution is 7.15. The van der Waals surface area contributed by atoms with E-state index in [1.807, 2.05) is 6.92 Å². The average Bonchev–Trinajstić information content (AvgIpc) is 3.62. The van der Waals surface area contributed by atoms with Crippen LogP contribution in [-0.4, -0.2) is 52.3 Å². The predicted octanol–water partition coefficient (Wildman–Crippen LogP) is 5.18. The van der Waals surface area contributed by atoms with Crippen molar-refractivity contribution in [3.63, 3.8) is 0 Å². The van der Waals surface area contributed by atoms with E-state index >= 15 is 0 Å². The van der Waals surface area contributed by atoms with E-state index in [1.54, 1.807) is 12.3 Å². The number of ether oxygens (including phenoxy) is 2. The summed E-state index contributed by atoms with van der Waals surface area (Å²) in [5.74, 6) is -2.02. The van der Waals surface area contributed by atoms with Gasteiger partial charge in [-0.25, -0.2) is 14.4 Å². The number of fused-ring (bicyclic) bond motifs is 1. The van der Waals surface area contributed by atoms with Crippen molar-refractivity contribution in [2.45, 2.75) is 50.0 Å². The number of primary amides is 1. The number of thiazole rings is 1. The molecular formula is C32H28F4N4O5S. The van der Waals surface area contributed by atoms with Crippen molar-refractivity contribution >= 4 is 23.2 Å². The molecule has 1 aliphatic heterocycles. The summed E-state index contributed by atoms with van der Waals surface area (Å²) in [5, 5.41) is 14.3. The number of carbonyl (C=O) groups is 2. The van der Waals surface area contributed by atoms with Crippen LogP contribution in [0.2, 0.25) is 0 Å². The van der Waals surface area contributed by atoms with Crippen LogP contribution in [0, 0.1) is 12.7 Å². The summed E-state index contributed by atoms with van der Waals surface area (Å²) < 4.78 is 69.6. The summed E-state index contributed by atoms with van der Waals surface area (Å²) in [4.78, 5) is 34.9. The summed E-state index contributed by atoms with van der Waals surface area (Å²) in [6.45, 7) is 1.62. The zero-order chi connectivity index (χ0) is 33.0. The first-order valence-electron chi connectivity index (χ1n) is 14.2. The number of alkyl halides is 3. The number of aryl methyl sites for hydroxylation is 1. The molecule has 1 unspecified atom stereocenters. The quantitative estimate of drug-likeness (QED) is 0.211. The second-order valence-electron chi connectivity index (χ2n) is 11.5. The molecule has 2 atom stereocenters. The lowest BCUT2D eigenvalue weighted by atomic mass is 9.81. The number of amides is 2. The van der Waals surface area contributed by atoms with Crippen LogP contribution in [0.3, 0.4) is 0 Å². The number of rotatable bonds is 9. The molecule has 14 heteroatoms. The molecule has 2 amide bonds. The van der Waals surface area contributed by atoms with Crippen LogP contribution in [-0.2, 0) is 15.8 Å². The molecule has 0 spiro atoms. The lowest BCUT2D eigenvalue weighted by Crippen LogP contribution is -2.51. The Kier molecular flexibility index (Phi) is 7.75. The van der Waals surface area contributed by atoms with Crippen LogP contribution < -0.4 is 20.5 Å². The fraction of sp³-hybridized carbons (Fsp3) is 0.312. The van der Waals surface area contributed by atoms with E-state index in [1.165, 1.54) is 42.5 Å². The highest BCUT2D eigenvalue weighted by Crippen LogP contribution is 2.48. The third-order valence-corrected chi connectivity index (χ3v) is 9.03. The van der Waals surface area contributed by atoms with Crippen molar-refractivity contribution in [3.8, 4) is 33.2 Å². The van der Waals surface area contributed by atoms with Crippen molar-refractivity contribution in [1.29, 1.82) is 0 Å². The summed E-state index contributed by atoms with van der Waals surface area (Å²) in [6, 6.07) is 10.1. The van der Waals surface area contributed by atoms with Crippen molar-refractivity contribution in [2.75, 3.05) is 13.2 Å².